The van der Waals surface area contributed by atoms with E-state index in [1.807, 2.05) is 13.8 Å². The van der Waals surface area contributed by atoms with Gasteiger partial charge in [0.25, 0.3) is 9.05 Å². The number of rotatable bonds is 5. The van der Waals surface area contributed by atoms with Crippen molar-refractivity contribution in [2.75, 3.05) is 0 Å². The Morgan fingerprint density at radius 2 is 1.90 bits per heavy atom. The number of ether oxygens (including phenoxy) is 1. The molecule has 0 saturated carbocycles. The van der Waals surface area contributed by atoms with Crippen molar-refractivity contribution in [1.82, 2.24) is 0 Å². The van der Waals surface area contributed by atoms with Gasteiger partial charge in [-0.25, -0.2) is 17.6 Å². The molecule has 0 radical (unpaired) electrons. The maximum absolute atomic E-state index is 13.3. The van der Waals surface area contributed by atoms with E-state index in [9.17, 15) is 17.6 Å². The highest BCUT2D eigenvalue weighted by Gasteiger charge is 2.18. The Morgan fingerprint density at radius 1 is 1.30 bits per heavy atom. The molecule has 0 bridgehead atoms. The summed E-state index contributed by atoms with van der Waals surface area (Å²) in [6, 6.07) is 2.66. The lowest BCUT2D eigenvalue weighted by molar-refractivity contribution is 0.0299. The van der Waals surface area contributed by atoms with Crippen molar-refractivity contribution in [3.63, 3.8) is 0 Å². The second-order valence-corrected chi connectivity index (χ2v) is 7.52. The molecule has 0 aliphatic rings. The van der Waals surface area contributed by atoms with E-state index in [0.717, 1.165) is 18.2 Å². The first-order chi connectivity index (χ1) is 9.09. The standard InChI is InChI=1S/C13H16ClFO4S/c1-8(2)4-9(3)19-13(16)10-5-11(15)7-12(6-10)20(14,17)18/h5-9H,4H2,1-3H3. The summed E-state index contributed by atoms with van der Waals surface area (Å²) in [4.78, 5) is 11.4. The van der Waals surface area contributed by atoms with Crippen molar-refractivity contribution in [2.24, 2.45) is 5.92 Å². The van der Waals surface area contributed by atoms with Crippen LogP contribution in [-0.2, 0) is 13.8 Å². The van der Waals surface area contributed by atoms with E-state index in [1.54, 1.807) is 6.92 Å². The largest absolute Gasteiger partial charge is 0.459 e. The van der Waals surface area contributed by atoms with Gasteiger partial charge >= 0.3 is 5.97 Å². The maximum Gasteiger partial charge on any atom is 0.338 e. The Bertz CT molecular complexity index is 598. The normalized spacial score (nSPS) is 13.3. The van der Waals surface area contributed by atoms with Crippen molar-refractivity contribution < 1.29 is 22.3 Å². The minimum absolute atomic E-state index is 0.181. The van der Waals surface area contributed by atoms with Crippen LogP contribution in [0.5, 0.6) is 0 Å². The molecule has 0 aliphatic carbocycles. The molecule has 1 rings (SSSR count). The van der Waals surface area contributed by atoms with E-state index in [2.05, 4.69) is 0 Å². The third-order valence-corrected chi connectivity index (χ3v) is 3.83. The van der Waals surface area contributed by atoms with Crippen LogP contribution in [0.1, 0.15) is 37.6 Å². The Morgan fingerprint density at radius 3 is 2.40 bits per heavy atom. The molecule has 0 saturated heterocycles. The molecule has 0 N–H and O–H groups in total. The van der Waals surface area contributed by atoms with Crippen LogP contribution in [0.25, 0.3) is 0 Å². The maximum atomic E-state index is 13.3. The van der Waals surface area contributed by atoms with E-state index in [-0.39, 0.29) is 11.7 Å². The first kappa shape index (κ1) is 16.9. The second kappa shape index (κ2) is 6.54. The summed E-state index contributed by atoms with van der Waals surface area (Å²) >= 11 is 0. The smallest absolute Gasteiger partial charge is 0.338 e. The fourth-order valence-corrected chi connectivity index (χ4v) is 2.57. The van der Waals surface area contributed by atoms with Crippen LogP contribution in [0, 0.1) is 11.7 Å². The summed E-state index contributed by atoms with van der Waals surface area (Å²) in [6.07, 6.45) is 0.309. The van der Waals surface area contributed by atoms with Crippen LogP contribution in [0.15, 0.2) is 23.1 Å². The topological polar surface area (TPSA) is 60.4 Å². The molecule has 1 unspecified atom stereocenters. The van der Waals surface area contributed by atoms with Gasteiger partial charge in [0, 0.05) is 10.7 Å². The summed E-state index contributed by atoms with van der Waals surface area (Å²) < 4.78 is 40.8. The molecule has 7 heteroatoms. The van der Waals surface area contributed by atoms with Gasteiger partial charge in [-0.3, -0.25) is 0 Å². The summed E-state index contributed by atoms with van der Waals surface area (Å²) in [6.45, 7) is 5.67. The SMILES string of the molecule is CC(C)CC(C)OC(=O)c1cc(F)cc(S(=O)(=O)Cl)c1. The highest BCUT2D eigenvalue weighted by atomic mass is 35.7. The Hall–Kier alpha value is -1.14. The molecule has 1 aromatic carbocycles. The third kappa shape index (κ3) is 5.09. The van der Waals surface area contributed by atoms with Gasteiger partial charge in [0.2, 0.25) is 0 Å². The lowest BCUT2D eigenvalue weighted by Gasteiger charge is -2.15. The number of carbonyl (C=O) groups is 1. The predicted molar refractivity (Wildman–Crippen MR) is 73.8 cm³/mol. The summed E-state index contributed by atoms with van der Waals surface area (Å²) in [5, 5.41) is 0. The first-order valence-corrected chi connectivity index (χ1v) is 8.36. The Kier molecular flexibility index (Phi) is 5.53. The molecule has 0 amide bonds. The van der Waals surface area contributed by atoms with Crippen molar-refractivity contribution in [1.29, 1.82) is 0 Å². The number of hydrogen-bond donors (Lipinski definition) is 0. The lowest BCUT2D eigenvalue weighted by atomic mass is 10.1. The lowest BCUT2D eigenvalue weighted by Crippen LogP contribution is -2.17. The van der Waals surface area contributed by atoms with Gasteiger partial charge in [0.1, 0.15) is 5.82 Å². The number of esters is 1. The van der Waals surface area contributed by atoms with Gasteiger partial charge in [-0.05, 0) is 37.5 Å². The monoisotopic (exact) mass is 322 g/mol. The van der Waals surface area contributed by atoms with Gasteiger partial charge in [-0.15, -0.1) is 0 Å². The Labute approximate surface area is 122 Å². The van der Waals surface area contributed by atoms with Crippen LogP contribution in [-0.4, -0.2) is 20.5 Å². The number of halogens is 2. The van der Waals surface area contributed by atoms with Gasteiger partial charge in [0.15, 0.2) is 0 Å². The number of benzene rings is 1. The van der Waals surface area contributed by atoms with Crippen LogP contribution in [0.2, 0.25) is 0 Å². The molecule has 112 valence electrons. The molecule has 1 aromatic rings. The fourth-order valence-electron chi connectivity index (χ4n) is 1.78. The van der Waals surface area contributed by atoms with Gasteiger partial charge < -0.3 is 4.74 Å². The van der Waals surface area contributed by atoms with Gasteiger partial charge in [0.05, 0.1) is 16.6 Å². The first-order valence-electron chi connectivity index (χ1n) is 6.06. The highest BCUT2D eigenvalue weighted by molar-refractivity contribution is 8.13. The zero-order valence-electron chi connectivity index (χ0n) is 11.4. The molecular formula is C13H16ClFO4S. The summed E-state index contributed by atoms with van der Waals surface area (Å²) in [5.74, 6) is -1.31. The zero-order chi connectivity index (χ0) is 15.5. The van der Waals surface area contributed by atoms with Crippen molar-refractivity contribution >= 4 is 25.7 Å². The minimum atomic E-state index is -4.10. The molecule has 4 nitrogen and oxygen atoms in total. The summed E-state index contributed by atoms with van der Waals surface area (Å²) in [5.41, 5.74) is -0.181. The van der Waals surface area contributed by atoms with E-state index < -0.39 is 25.7 Å². The molecule has 0 fully saturated rings. The predicted octanol–water partition coefficient (Wildman–Crippen LogP) is 3.34. The molecule has 0 heterocycles. The van der Waals surface area contributed by atoms with Crippen LogP contribution in [0.3, 0.4) is 0 Å². The zero-order valence-corrected chi connectivity index (χ0v) is 13.0. The number of hydrogen-bond acceptors (Lipinski definition) is 4. The van der Waals surface area contributed by atoms with E-state index >= 15 is 0 Å². The molecule has 0 aromatic heterocycles. The molecule has 20 heavy (non-hydrogen) atoms. The van der Waals surface area contributed by atoms with Crippen molar-refractivity contribution in [3.8, 4) is 0 Å². The van der Waals surface area contributed by atoms with Gasteiger partial charge in [-0.1, -0.05) is 13.8 Å². The average Bonchev–Trinajstić information content (AvgIpc) is 2.25. The Balaban J connectivity index is 2.97. The third-order valence-electron chi connectivity index (χ3n) is 2.50. The number of carbonyl (C=O) groups excluding carboxylic acids is 1. The molecule has 0 spiro atoms. The summed E-state index contributed by atoms with van der Waals surface area (Å²) in [7, 11) is 1.03. The van der Waals surface area contributed by atoms with Crippen LogP contribution >= 0.6 is 10.7 Å². The van der Waals surface area contributed by atoms with E-state index in [0.29, 0.717) is 12.3 Å². The molecule has 1 atom stereocenters. The average molecular weight is 323 g/mol. The fraction of sp³-hybridized carbons (Fsp3) is 0.462. The quantitative estimate of drug-likeness (QED) is 0.616. The van der Waals surface area contributed by atoms with Crippen LogP contribution in [0.4, 0.5) is 4.39 Å². The van der Waals surface area contributed by atoms with Gasteiger partial charge in [-0.2, -0.15) is 0 Å². The van der Waals surface area contributed by atoms with Crippen molar-refractivity contribution in [2.45, 2.75) is 38.2 Å². The second-order valence-electron chi connectivity index (χ2n) is 4.96. The van der Waals surface area contributed by atoms with Crippen molar-refractivity contribution in [3.05, 3.63) is 29.6 Å². The molecular weight excluding hydrogens is 307 g/mol. The molecule has 0 aliphatic heterocycles. The van der Waals surface area contributed by atoms with E-state index in [4.69, 9.17) is 15.4 Å². The minimum Gasteiger partial charge on any atom is -0.459 e. The van der Waals surface area contributed by atoms with Crippen LogP contribution < -0.4 is 0 Å². The highest BCUT2D eigenvalue weighted by Crippen LogP contribution is 2.20. The van der Waals surface area contributed by atoms with E-state index in [1.165, 1.54) is 0 Å².